The van der Waals surface area contributed by atoms with Crippen molar-refractivity contribution in [2.24, 2.45) is 0 Å². The van der Waals surface area contributed by atoms with Gasteiger partial charge in [0.25, 0.3) is 0 Å². The molecule has 0 spiro atoms. The summed E-state index contributed by atoms with van der Waals surface area (Å²) >= 11 is 0. The molecule has 0 aliphatic carbocycles. The van der Waals surface area contributed by atoms with Crippen LogP contribution in [-0.4, -0.2) is 0 Å². The van der Waals surface area contributed by atoms with Gasteiger partial charge in [-0.2, -0.15) is 0 Å². The van der Waals surface area contributed by atoms with Gasteiger partial charge in [-0.3, -0.25) is 0 Å². The van der Waals surface area contributed by atoms with E-state index in [0.717, 1.165) is 28.6 Å². The van der Waals surface area contributed by atoms with Crippen molar-refractivity contribution in [3.8, 4) is 23.0 Å². The van der Waals surface area contributed by atoms with Crippen LogP contribution in [0.25, 0.3) is 6.08 Å². The van der Waals surface area contributed by atoms with Gasteiger partial charge in [0.2, 0.25) is 0 Å². The van der Waals surface area contributed by atoms with E-state index in [1.807, 2.05) is 97.9 Å². The number of allylic oxidation sites excluding steroid dienone is 1. The number of ether oxygens (including phenoxy) is 2. The Kier molecular flexibility index (Phi) is 4.75. The largest absolute Gasteiger partial charge is 0.457 e. The van der Waals surface area contributed by atoms with Crippen molar-refractivity contribution < 1.29 is 9.47 Å². The zero-order chi connectivity index (χ0) is 15.9. The zero-order valence-corrected chi connectivity index (χ0v) is 13.0. The van der Waals surface area contributed by atoms with Gasteiger partial charge in [0.1, 0.15) is 23.0 Å². The molecule has 0 aliphatic heterocycles. The molecule has 0 N–H and O–H groups in total. The second-order valence-electron chi connectivity index (χ2n) is 5.03. The smallest absolute Gasteiger partial charge is 0.138 e. The van der Waals surface area contributed by atoms with E-state index >= 15 is 0 Å². The molecule has 0 radical (unpaired) electrons. The van der Waals surface area contributed by atoms with Crippen molar-refractivity contribution in [2.75, 3.05) is 0 Å². The van der Waals surface area contributed by atoms with E-state index in [4.69, 9.17) is 9.47 Å². The summed E-state index contributed by atoms with van der Waals surface area (Å²) in [7, 11) is 0. The molecular formula is C21H18O2. The number of rotatable bonds is 5. The summed E-state index contributed by atoms with van der Waals surface area (Å²) in [5.74, 6) is 3.12. The Morgan fingerprint density at radius 2 is 1.26 bits per heavy atom. The minimum atomic E-state index is 0.746. The van der Waals surface area contributed by atoms with Crippen LogP contribution < -0.4 is 9.47 Å². The molecule has 0 fully saturated rings. The number of hydrogen-bond acceptors (Lipinski definition) is 2. The number of para-hydroxylation sites is 2. The summed E-state index contributed by atoms with van der Waals surface area (Å²) in [6.45, 7) is 1.99. The highest BCUT2D eigenvalue weighted by Crippen LogP contribution is 2.32. The summed E-state index contributed by atoms with van der Waals surface area (Å²) in [4.78, 5) is 0. The molecule has 23 heavy (non-hydrogen) atoms. The van der Waals surface area contributed by atoms with E-state index in [9.17, 15) is 0 Å². The molecule has 0 saturated heterocycles. The Bertz CT molecular complexity index is 777. The van der Waals surface area contributed by atoms with Crippen molar-refractivity contribution in [2.45, 2.75) is 6.92 Å². The predicted octanol–water partition coefficient (Wildman–Crippen LogP) is 6.30. The van der Waals surface area contributed by atoms with E-state index in [1.165, 1.54) is 0 Å². The fourth-order valence-corrected chi connectivity index (χ4v) is 2.22. The van der Waals surface area contributed by atoms with Gasteiger partial charge in [0.05, 0.1) is 0 Å². The van der Waals surface area contributed by atoms with Crippen LogP contribution in [0.2, 0.25) is 0 Å². The summed E-state index contributed by atoms with van der Waals surface area (Å²) in [5, 5.41) is 0. The quantitative estimate of drug-likeness (QED) is 0.550. The molecule has 0 unspecified atom stereocenters. The summed E-state index contributed by atoms with van der Waals surface area (Å²) in [6.07, 6.45) is 4.01. The van der Waals surface area contributed by atoms with Crippen LogP contribution in [-0.2, 0) is 0 Å². The molecule has 0 amide bonds. The highest BCUT2D eigenvalue weighted by molar-refractivity contribution is 5.60. The number of hydrogen-bond donors (Lipinski definition) is 0. The first-order valence-electron chi connectivity index (χ1n) is 7.58. The van der Waals surface area contributed by atoms with Crippen LogP contribution >= 0.6 is 0 Å². The molecule has 3 aromatic rings. The molecule has 0 aromatic heterocycles. The highest BCUT2D eigenvalue weighted by atomic mass is 16.5. The van der Waals surface area contributed by atoms with E-state index in [-0.39, 0.29) is 0 Å². The van der Waals surface area contributed by atoms with Crippen LogP contribution in [0, 0.1) is 0 Å². The van der Waals surface area contributed by atoms with Gasteiger partial charge >= 0.3 is 0 Å². The first-order valence-corrected chi connectivity index (χ1v) is 7.58. The third-order valence-electron chi connectivity index (χ3n) is 3.28. The van der Waals surface area contributed by atoms with Crippen LogP contribution in [0.4, 0.5) is 0 Å². The van der Waals surface area contributed by atoms with Gasteiger partial charge in [-0.25, -0.2) is 0 Å². The van der Waals surface area contributed by atoms with Crippen molar-refractivity contribution in [3.63, 3.8) is 0 Å². The molecule has 3 rings (SSSR count). The fraction of sp³-hybridized carbons (Fsp3) is 0.0476. The summed E-state index contributed by atoms with van der Waals surface area (Å²) in [5.41, 5.74) is 1.01. The Morgan fingerprint density at radius 3 is 1.87 bits per heavy atom. The molecule has 2 nitrogen and oxygen atoms in total. The Balaban J connectivity index is 1.90. The lowest BCUT2D eigenvalue weighted by atomic mass is 10.1. The first kappa shape index (κ1) is 14.9. The highest BCUT2D eigenvalue weighted by Gasteiger charge is 2.06. The minimum absolute atomic E-state index is 0.746. The molecule has 2 heteroatoms. The summed E-state index contributed by atoms with van der Waals surface area (Å²) < 4.78 is 11.9. The van der Waals surface area contributed by atoms with Gasteiger partial charge < -0.3 is 9.47 Å². The maximum absolute atomic E-state index is 6.01. The van der Waals surface area contributed by atoms with Gasteiger partial charge in [-0.05, 0) is 43.3 Å². The normalized spacial score (nSPS) is 10.7. The molecular weight excluding hydrogens is 284 g/mol. The zero-order valence-electron chi connectivity index (χ0n) is 13.0. The molecule has 0 bridgehead atoms. The van der Waals surface area contributed by atoms with Crippen LogP contribution in [0.15, 0.2) is 84.9 Å². The van der Waals surface area contributed by atoms with Crippen LogP contribution in [0.3, 0.4) is 0 Å². The van der Waals surface area contributed by atoms with Crippen molar-refractivity contribution in [3.05, 3.63) is 90.5 Å². The van der Waals surface area contributed by atoms with Gasteiger partial charge in [0.15, 0.2) is 0 Å². The third-order valence-corrected chi connectivity index (χ3v) is 3.28. The van der Waals surface area contributed by atoms with E-state index < -0.39 is 0 Å². The van der Waals surface area contributed by atoms with Crippen molar-refractivity contribution in [1.29, 1.82) is 0 Å². The molecule has 0 heterocycles. The first-order chi connectivity index (χ1) is 11.3. The predicted molar refractivity (Wildman–Crippen MR) is 94.2 cm³/mol. The van der Waals surface area contributed by atoms with Crippen LogP contribution in [0.5, 0.6) is 23.0 Å². The minimum Gasteiger partial charge on any atom is -0.457 e. The summed E-state index contributed by atoms with van der Waals surface area (Å²) in [6, 6.07) is 25.3. The van der Waals surface area contributed by atoms with Crippen molar-refractivity contribution in [1.82, 2.24) is 0 Å². The lowest BCUT2D eigenvalue weighted by Gasteiger charge is -2.12. The van der Waals surface area contributed by atoms with E-state index in [1.54, 1.807) is 0 Å². The maximum atomic E-state index is 6.01. The average molecular weight is 302 g/mol. The third kappa shape index (κ3) is 4.01. The standard InChI is InChI=1S/C21H18O2/c1-2-9-17-14-15-20(22-18-10-5-3-6-11-18)16-21(17)23-19-12-7-4-8-13-19/h2-16H,1H3. The van der Waals surface area contributed by atoms with Gasteiger partial charge in [0, 0.05) is 11.6 Å². The molecule has 0 atom stereocenters. The van der Waals surface area contributed by atoms with Crippen LogP contribution in [0.1, 0.15) is 12.5 Å². The average Bonchev–Trinajstić information content (AvgIpc) is 2.59. The lowest BCUT2D eigenvalue weighted by molar-refractivity contribution is 0.459. The lowest BCUT2D eigenvalue weighted by Crippen LogP contribution is -1.90. The molecule has 0 aliphatic rings. The monoisotopic (exact) mass is 302 g/mol. The SMILES string of the molecule is CC=Cc1ccc(Oc2ccccc2)cc1Oc1ccccc1. The van der Waals surface area contributed by atoms with E-state index in [2.05, 4.69) is 0 Å². The molecule has 0 saturated carbocycles. The van der Waals surface area contributed by atoms with Gasteiger partial charge in [-0.15, -0.1) is 0 Å². The second-order valence-corrected chi connectivity index (χ2v) is 5.03. The van der Waals surface area contributed by atoms with Gasteiger partial charge in [-0.1, -0.05) is 48.6 Å². The van der Waals surface area contributed by atoms with Crippen molar-refractivity contribution >= 4 is 6.08 Å². The fourth-order valence-electron chi connectivity index (χ4n) is 2.22. The molecule has 3 aromatic carbocycles. The Labute approximate surface area is 136 Å². The Morgan fingerprint density at radius 1 is 0.652 bits per heavy atom. The van der Waals surface area contributed by atoms with E-state index in [0.29, 0.717) is 0 Å². The molecule has 114 valence electrons. The second kappa shape index (κ2) is 7.32. The number of benzene rings is 3. The Hall–Kier alpha value is -3.00. The maximum Gasteiger partial charge on any atom is 0.138 e. The topological polar surface area (TPSA) is 18.5 Å².